The first-order valence-electron chi connectivity index (χ1n) is 4.74. The minimum atomic E-state index is -0.892. The molecule has 0 saturated heterocycles. The van der Waals surface area contributed by atoms with E-state index < -0.39 is 11.9 Å². The van der Waals surface area contributed by atoms with E-state index >= 15 is 0 Å². The first-order chi connectivity index (χ1) is 7.15. The number of nitrogen functional groups attached to an aromatic ring is 1. The molecule has 4 nitrogen and oxygen atoms in total. The molecule has 0 bridgehead atoms. The Morgan fingerprint density at radius 1 is 1.60 bits per heavy atom. The molecule has 0 aliphatic heterocycles. The minimum absolute atomic E-state index is 0.0395. The molecule has 1 heterocycles. The summed E-state index contributed by atoms with van der Waals surface area (Å²) in [6, 6.07) is 2.63. The van der Waals surface area contributed by atoms with Crippen molar-refractivity contribution in [3.63, 3.8) is 0 Å². The van der Waals surface area contributed by atoms with Crippen LogP contribution < -0.4 is 5.73 Å². The Morgan fingerprint density at radius 3 is 2.93 bits per heavy atom. The van der Waals surface area contributed by atoms with Crippen LogP contribution in [0.25, 0.3) is 0 Å². The van der Waals surface area contributed by atoms with Gasteiger partial charge in [0.1, 0.15) is 11.4 Å². The van der Waals surface area contributed by atoms with Gasteiger partial charge in [-0.15, -0.1) is 0 Å². The summed E-state index contributed by atoms with van der Waals surface area (Å²) in [5.41, 5.74) is 5.07. The van der Waals surface area contributed by atoms with Crippen molar-refractivity contribution in [1.82, 2.24) is 4.98 Å². The predicted molar refractivity (Wildman–Crippen MR) is 53.8 cm³/mol. The number of nitrogens with two attached hydrogens (primary N) is 1. The van der Waals surface area contributed by atoms with Crippen LogP contribution in [0.15, 0.2) is 12.1 Å². The summed E-state index contributed by atoms with van der Waals surface area (Å²) in [5, 5.41) is 0. The van der Waals surface area contributed by atoms with E-state index in [9.17, 15) is 9.18 Å². The number of esters is 1. The van der Waals surface area contributed by atoms with Crippen molar-refractivity contribution in [1.29, 1.82) is 0 Å². The Balaban J connectivity index is 2.65. The molecule has 0 spiro atoms. The van der Waals surface area contributed by atoms with Crippen LogP contribution in [0.1, 0.15) is 30.1 Å². The Kier molecular flexibility index (Phi) is 4.03. The summed E-state index contributed by atoms with van der Waals surface area (Å²) in [6.07, 6.45) is 1.67. The fourth-order valence-electron chi connectivity index (χ4n) is 0.988. The van der Waals surface area contributed by atoms with Crippen LogP contribution in [0.5, 0.6) is 0 Å². The van der Waals surface area contributed by atoms with Gasteiger partial charge < -0.3 is 10.5 Å². The summed E-state index contributed by atoms with van der Waals surface area (Å²) < 4.78 is 17.9. The van der Waals surface area contributed by atoms with Gasteiger partial charge in [-0.2, -0.15) is 4.39 Å². The zero-order valence-corrected chi connectivity index (χ0v) is 8.50. The average Bonchev–Trinajstić information content (AvgIpc) is 2.17. The van der Waals surface area contributed by atoms with E-state index in [-0.39, 0.29) is 11.4 Å². The van der Waals surface area contributed by atoms with Gasteiger partial charge in [0.25, 0.3) is 0 Å². The molecule has 0 radical (unpaired) electrons. The lowest BCUT2D eigenvalue weighted by Crippen LogP contribution is -2.10. The zero-order valence-electron chi connectivity index (χ0n) is 8.50. The molecule has 82 valence electrons. The lowest BCUT2D eigenvalue weighted by Gasteiger charge is -2.04. The molecule has 2 N–H and O–H groups in total. The van der Waals surface area contributed by atoms with Crippen LogP contribution in [-0.4, -0.2) is 17.6 Å². The normalized spacial score (nSPS) is 10.0. The van der Waals surface area contributed by atoms with Gasteiger partial charge in [-0.3, -0.25) is 0 Å². The van der Waals surface area contributed by atoms with E-state index in [4.69, 9.17) is 10.5 Å². The maximum atomic E-state index is 13.1. The van der Waals surface area contributed by atoms with Gasteiger partial charge in [-0.1, -0.05) is 13.3 Å². The van der Waals surface area contributed by atoms with Crippen molar-refractivity contribution >= 4 is 11.8 Å². The van der Waals surface area contributed by atoms with Crippen LogP contribution in [0.4, 0.5) is 10.2 Å². The number of carbonyl (C=O) groups excluding carboxylic acids is 1. The number of pyridine rings is 1. The number of nitrogens with zero attached hydrogens (tertiary/aromatic N) is 1. The second-order valence-electron chi connectivity index (χ2n) is 3.06. The van der Waals surface area contributed by atoms with Crippen molar-refractivity contribution in [2.24, 2.45) is 0 Å². The standard InChI is InChI=1S/C10H13FN2O2/c1-2-3-6-15-10(14)7-4-5-8(12)13-9(7)11/h4-5H,2-3,6H2,1H3,(H2,12,13). The fraction of sp³-hybridized carbons (Fsp3) is 0.400. The number of aromatic nitrogens is 1. The number of carbonyl (C=O) groups is 1. The van der Waals surface area contributed by atoms with Crippen LogP contribution in [0.3, 0.4) is 0 Å². The van der Waals surface area contributed by atoms with Gasteiger partial charge in [0.2, 0.25) is 5.95 Å². The highest BCUT2D eigenvalue weighted by Crippen LogP contribution is 2.09. The number of halogens is 1. The Labute approximate surface area is 87.3 Å². The summed E-state index contributed by atoms with van der Waals surface area (Å²) in [4.78, 5) is 14.6. The van der Waals surface area contributed by atoms with Crippen LogP contribution >= 0.6 is 0 Å². The van der Waals surface area contributed by atoms with Crippen molar-refractivity contribution in [2.75, 3.05) is 12.3 Å². The molecule has 0 aliphatic carbocycles. The van der Waals surface area contributed by atoms with E-state index in [0.717, 1.165) is 12.8 Å². The molecule has 0 saturated carbocycles. The summed E-state index contributed by atoms with van der Waals surface area (Å²) >= 11 is 0. The topological polar surface area (TPSA) is 65.2 Å². The van der Waals surface area contributed by atoms with Crippen LogP contribution in [-0.2, 0) is 4.74 Å². The second kappa shape index (κ2) is 5.29. The largest absolute Gasteiger partial charge is 0.462 e. The van der Waals surface area contributed by atoms with E-state index in [1.165, 1.54) is 12.1 Å². The molecule has 0 amide bonds. The Bertz CT molecular complexity index is 355. The second-order valence-corrected chi connectivity index (χ2v) is 3.06. The quantitative estimate of drug-likeness (QED) is 0.469. The third-order valence-corrected chi connectivity index (χ3v) is 1.82. The van der Waals surface area contributed by atoms with Crippen LogP contribution in [0.2, 0.25) is 0 Å². The molecule has 1 rings (SSSR count). The maximum absolute atomic E-state index is 13.1. The molecule has 1 aromatic rings. The highest BCUT2D eigenvalue weighted by atomic mass is 19.1. The molecular weight excluding hydrogens is 199 g/mol. The number of unbranched alkanes of at least 4 members (excludes halogenated alkanes) is 1. The molecule has 5 heteroatoms. The molecule has 15 heavy (non-hydrogen) atoms. The first kappa shape index (κ1) is 11.4. The summed E-state index contributed by atoms with van der Waals surface area (Å²) in [5.74, 6) is -1.55. The lowest BCUT2D eigenvalue weighted by molar-refractivity contribution is 0.0493. The number of ether oxygens (including phenoxy) is 1. The first-order valence-corrected chi connectivity index (χ1v) is 4.74. The van der Waals surface area contributed by atoms with Gasteiger partial charge in [0.05, 0.1) is 6.61 Å². The molecule has 0 atom stereocenters. The zero-order chi connectivity index (χ0) is 11.3. The predicted octanol–water partition coefficient (Wildman–Crippen LogP) is 1.76. The molecule has 0 unspecified atom stereocenters. The highest BCUT2D eigenvalue weighted by molar-refractivity contribution is 5.89. The van der Waals surface area contributed by atoms with E-state index in [1.807, 2.05) is 6.92 Å². The van der Waals surface area contributed by atoms with Gasteiger partial charge in [0, 0.05) is 0 Å². The molecule has 0 aromatic carbocycles. The molecular formula is C10H13FN2O2. The monoisotopic (exact) mass is 212 g/mol. The SMILES string of the molecule is CCCCOC(=O)c1ccc(N)nc1F. The third-order valence-electron chi connectivity index (χ3n) is 1.82. The highest BCUT2D eigenvalue weighted by Gasteiger charge is 2.13. The number of rotatable bonds is 4. The molecule has 0 fully saturated rings. The fourth-order valence-corrected chi connectivity index (χ4v) is 0.988. The average molecular weight is 212 g/mol. The van der Waals surface area contributed by atoms with Gasteiger partial charge in [-0.05, 0) is 18.6 Å². The number of hydrogen-bond donors (Lipinski definition) is 1. The number of hydrogen-bond acceptors (Lipinski definition) is 4. The van der Waals surface area contributed by atoms with Crippen molar-refractivity contribution < 1.29 is 13.9 Å². The van der Waals surface area contributed by atoms with Gasteiger partial charge in [0.15, 0.2) is 0 Å². The number of anilines is 1. The third kappa shape index (κ3) is 3.19. The molecule has 0 aliphatic rings. The van der Waals surface area contributed by atoms with Crippen molar-refractivity contribution in [2.45, 2.75) is 19.8 Å². The minimum Gasteiger partial charge on any atom is -0.462 e. The maximum Gasteiger partial charge on any atom is 0.342 e. The lowest BCUT2D eigenvalue weighted by atomic mass is 10.3. The van der Waals surface area contributed by atoms with E-state index in [1.54, 1.807) is 0 Å². The van der Waals surface area contributed by atoms with E-state index in [0.29, 0.717) is 6.61 Å². The smallest absolute Gasteiger partial charge is 0.342 e. The van der Waals surface area contributed by atoms with Gasteiger partial charge >= 0.3 is 5.97 Å². The molecule has 1 aromatic heterocycles. The Morgan fingerprint density at radius 2 is 2.33 bits per heavy atom. The van der Waals surface area contributed by atoms with Gasteiger partial charge in [-0.25, -0.2) is 9.78 Å². The summed E-state index contributed by atoms with van der Waals surface area (Å²) in [6.45, 7) is 2.26. The Hall–Kier alpha value is -1.65. The van der Waals surface area contributed by atoms with Crippen molar-refractivity contribution in [3.05, 3.63) is 23.6 Å². The van der Waals surface area contributed by atoms with E-state index in [2.05, 4.69) is 4.98 Å². The van der Waals surface area contributed by atoms with Crippen molar-refractivity contribution in [3.8, 4) is 0 Å². The summed E-state index contributed by atoms with van der Waals surface area (Å²) in [7, 11) is 0. The van der Waals surface area contributed by atoms with Crippen LogP contribution in [0, 0.1) is 5.95 Å².